The van der Waals surface area contributed by atoms with Crippen LogP contribution < -0.4 is 10.2 Å². The largest absolute Gasteiger partial charge is 0.354 e. The molecule has 0 spiro atoms. The molecule has 8 heteroatoms. The minimum absolute atomic E-state index is 0.178. The lowest BCUT2D eigenvalue weighted by molar-refractivity contribution is -0.116. The average Bonchev–Trinajstić information content (AvgIpc) is 2.91. The fourth-order valence-corrected chi connectivity index (χ4v) is 3.34. The van der Waals surface area contributed by atoms with Gasteiger partial charge >= 0.3 is 0 Å². The molecule has 144 valence electrons. The van der Waals surface area contributed by atoms with Crippen LogP contribution in [0.1, 0.15) is 16.8 Å². The van der Waals surface area contributed by atoms with Crippen molar-refractivity contribution in [3.05, 3.63) is 46.4 Å². The van der Waals surface area contributed by atoms with Crippen molar-refractivity contribution in [2.24, 2.45) is 7.05 Å². The number of anilines is 1. The molecule has 3 heterocycles. The first-order chi connectivity index (χ1) is 13.0. The van der Waals surface area contributed by atoms with Crippen molar-refractivity contribution in [3.8, 4) is 0 Å². The predicted octanol–water partition coefficient (Wildman–Crippen LogP) is 1.86. The van der Waals surface area contributed by atoms with Gasteiger partial charge in [0.25, 0.3) is 0 Å². The number of pyridine rings is 1. The number of carbonyl (C=O) groups excluding carboxylic acids is 1. The zero-order valence-corrected chi connectivity index (χ0v) is 16.7. The van der Waals surface area contributed by atoms with Crippen LogP contribution in [0.15, 0.2) is 24.4 Å². The van der Waals surface area contributed by atoms with Gasteiger partial charge in [-0.2, -0.15) is 5.10 Å². The minimum Gasteiger partial charge on any atom is -0.354 e. The second kappa shape index (κ2) is 8.54. The Labute approximate surface area is 164 Å². The first kappa shape index (κ1) is 19.4. The Morgan fingerprint density at radius 1 is 1.30 bits per heavy atom. The van der Waals surface area contributed by atoms with Crippen molar-refractivity contribution in [2.75, 3.05) is 38.1 Å². The van der Waals surface area contributed by atoms with Gasteiger partial charge in [0, 0.05) is 63.2 Å². The summed E-state index contributed by atoms with van der Waals surface area (Å²) in [6.07, 6.45) is 4.98. The molecule has 0 radical (unpaired) electrons. The van der Waals surface area contributed by atoms with Crippen molar-refractivity contribution < 1.29 is 4.79 Å². The van der Waals surface area contributed by atoms with Gasteiger partial charge < -0.3 is 15.1 Å². The van der Waals surface area contributed by atoms with E-state index in [1.165, 1.54) is 6.08 Å². The molecule has 2 aromatic rings. The molecule has 27 heavy (non-hydrogen) atoms. The van der Waals surface area contributed by atoms with Crippen LogP contribution in [0, 0.1) is 6.92 Å². The van der Waals surface area contributed by atoms with Gasteiger partial charge in [0.1, 0.15) is 11.0 Å². The Kier molecular flexibility index (Phi) is 6.13. The Morgan fingerprint density at radius 2 is 2.04 bits per heavy atom. The number of carbonyl (C=O) groups is 1. The second-order valence-electron chi connectivity index (χ2n) is 6.74. The summed E-state index contributed by atoms with van der Waals surface area (Å²) in [5.74, 6) is 0.767. The molecular weight excluding hydrogens is 364 g/mol. The van der Waals surface area contributed by atoms with E-state index in [0.717, 1.165) is 48.8 Å². The zero-order chi connectivity index (χ0) is 19.4. The maximum atomic E-state index is 12.2. The van der Waals surface area contributed by atoms with Gasteiger partial charge in [-0.05, 0) is 26.1 Å². The molecule has 0 unspecified atom stereocenters. The first-order valence-corrected chi connectivity index (χ1v) is 9.36. The molecule has 1 saturated heterocycles. The predicted molar refractivity (Wildman–Crippen MR) is 108 cm³/mol. The molecular formula is C19H25ClN6O. The highest BCUT2D eigenvalue weighted by atomic mass is 35.5. The number of likely N-dealkylation sites (N-methyl/N-ethyl adjacent to an activating group) is 1. The summed E-state index contributed by atoms with van der Waals surface area (Å²) in [6.45, 7) is 6.19. The minimum atomic E-state index is -0.178. The Balaban J connectivity index is 1.63. The Hall–Kier alpha value is -2.38. The van der Waals surface area contributed by atoms with Crippen molar-refractivity contribution in [1.82, 2.24) is 25.0 Å². The van der Waals surface area contributed by atoms with E-state index in [4.69, 9.17) is 11.6 Å². The standard InChI is InChI=1S/C19H25ClN6O/c1-14-16(18(20)25(3)23-14)6-7-17(27)22-13-15-5-4-8-21-19(15)26-11-9-24(2)10-12-26/h4-8H,9-13H2,1-3H3,(H,22,27)/b7-6+. The topological polar surface area (TPSA) is 66.3 Å². The number of rotatable bonds is 5. The number of aromatic nitrogens is 3. The molecule has 0 aliphatic carbocycles. The maximum Gasteiger partial charge on any atom is 0.244 e. The highest BCUT2D eigenvalue weighted by Crippen LogP contribution is 2.20. The molecule has 1 N–H and O–H groups in total. The molecule has 1 amide bonds. The molecule has 1 aliphatic rings. The van der Waals surface area contributed by atoms with E-state index >= 15 is 0 Å². The molecule has 0 bridgehead atoms. The van der Waals surface area contributed by atoms with Crippen LogP contribution in [0.4, 0.5) is 5.82 Å². The normalized spacial score (nSPS) is 15.5. The zero-order valence-electron chi connectivity index (χ0n) is 15.9. The number of hydrogen-bond donors (Lipinski definition) is 1. The Morgan fingerprint density at radius 3 is 2.70 bits per heavy atom. The fraction of sp³-hybridized carbons (Fsp3) is 0.421. The number of aryl methyl sites for hydroxylation is 2. The quantitative estimate of drug-likeness (QED) is 0.792. The summed E-state index contributed by atoms with van der Waals surface area (Å²) in [6, 6.07) is 3.91. The van der Waals surface area contributed by atoms with Crippen LogP contribution in [0.3, 0.4) is 0 Å². The third-order valence-corrected chi connectivity index (χ3v) is 5.17. The molecule has 0 saturated carbocycles. The molecule has 3 rings (SSSR count). The van der Waals surface area contributed by atoms with Crippen molar-refractivity contribution in [2.45, 2.75) is 13.5 Å². The fourth-order valence-electron chi connectivity index (χ4n) is 3.11. The number of amides is 1. The summed E-state index contributed by atoms with van der Waals surface area (Å²) in [4.78, 5) is 21.4. The van der Waals surface area contributed by atoms with E-state index in [-0.39, 0.29) is 5.91 Å². The molecule has 7 nitrogen and oxygen atoms in total. The Bertz CT molecular complexity index is 839. The van der Waals surface area contributed by atoms with Gasteiger partial charge in [0.05, 0.1) is 5.69 Å². The maximum absolute atomic E-state index is 12.2. The van der Waals surface area contributed by atoms with Gasteiger partial charge in [-0.15, -0.1) is 0 Å². The monoisotopic (exact) mass is 388 g/mol. The molecule has 1 aliphatic heterocycles. The van der Waals surface area contributed by atoms with Crippen molar-refractivity contribution >= 4 is 29.4 Å². The van der Waals surface area contributed by atoms with Crippen molar-refractivity contribution in [1.29, 1.82) is 0 Å². The molecule has 0 aromatic carbocycles. The third-order valence-electron chi connectivity index (χ3n) is 4.72. The summed E-state index contributed by atoms with van der Waals surface area (Å²) >= 11 is 6.19. The van der Waals surface area contributed by atoms with E-state index in [0.29, 0.717) is 11.7 Å². The van der Waals surface area contributed by atoms with E-state index in [1.54, 1.807) is 24.0 Å². The SMILES string of the molecule is Cc1nn(C)c(Cl)c1/C=C/C(=O)NCc1cccnc1N1CCN(C)CC1. The van der Waals surface area contributed by atoms with Crippen LogP contribution in [-0.2, 0) is 18.4 Å². The summed E-state index contributed by atoms with van der Waals surface area (Å²) in [7, 11) is 3.90. The smallest absolute Gasteiger partial charge is 0.244 e. The van der Waals surface area contributed by atoms with Gasteiger partial charge in [-0.1, -0.05) is 17.7 Å². The molecule has 0 atom stereocenters. The van der Waals surface area contributed by atoms with Crippen LogP contribution in [0.5, 0.6) is 0 Å². The van der Waals surface area contributed by atoms with Crippen LogP contribution in [0.25, 0.3) is 6.08 Å². The average molecular weight is 389 g/mol. The second-order valence-corrected chi connectivity index (χ2v) is 7.10. The summed E-state index contributed by atoms with van der Waals surface area (Å²) in [5, 5.41) is 7.68. The lowest BCUT2D eigenvalue weighted by Gasteiger charge is -2.34. The van der Waals surface area contributed by atoms with Gasteiger partial charge in [0.2, 0.25) is 5.91 Å². The van der Waals surface area contributed by atoms with E-state index in [1.807, 2.05) is 19.1 Å². The van der Waals surface area contributed by atoms with Gasteiger partial charge in [0.15, 0.2) is 0 Å². The lowest BCUT2D eigenvalue weighted by atomic mass is 10.2. The van der Waals surface area contributed by atoms with E-state index in [2.05, 4.69) is 32.2 Å². The number of halogens is 1. The lowest BCUT2D eigenvalue weighted by Crippen LogP contribution is -2.45. The van der Waals surface area contributed by atoms with Crippen LogP contribution in [-0.4, -0.2) is 58.8 Å². The summed E-state index contributed by atoms with van der Waals surface area (Å²) < 4.78 is 1.59. The van der Waals surface area contributed by atoms with E-state index in [9.17, 15) is 4.79 Å². The highest BCUT2D eigenvalue weighted by molar-refractivity contribution is 6.31. The number of piperazine rings is 1. The number of hydrogen-bond acceptors (Lipinski definition) is 5. The number of nitrogens with one attached hydrogen (secondary N) is 1. The van der Waals surface area contributed by atoms with E-state index < -0.39 is 0 Å². The van der Waals surface area contributed by atoms with Gasteiger partial charge in [-0.3, -0.25) is 9.48 Å². The van der Waals surface area contributed by atoms with Crippen LogP contribution >= 0.6 is 11.6 Å². The molecule has 1 fully saturated rings. The van der Waals surface area contributed by atoms with Crippen molar-refractivity contribution in [3.63, 3.8) is 0 Å². The molecule has 2 aromatic heterocycles. The van der Waals surface area contributed by atoms with Crippen LogP contribution in [0.2, 0.25) is 5.15 Å². The first-order valence-electron chi connectivity index (χ1n) is 8.98. The highest BCUT2D eigenvalue weighted by Gasteiger charge is 2.18. The summed E-state index contributed by atoms with van der Waals surface area (Å²) in [5.41, 5.74) is 2.56. The number of nitrogens with zero attached hydrogens (tertiary/aromatic N) is 5. The van der Waals surface area contributed by atoms with Gasteiger partial charge in [-0.25, -0.2) is 4.98 Å². The third kappa shape index (κ3) is 4.67.